The van der Waals surface area contributed by atoms with Gasteiger partial charge in [0.1, 0.15) is 0 Å². The van der Waals surface area contributed by atoms with Crippen molar-refractivity contribution in [1.29, 1.82) is 0 Å². The molecule has 2 fully saturated rings. The van der Waals surface area contributed by atoms with Crippen LogP contribution in [0.2, 0.25) is 0 Å². The first-order valence-corrected chi connectivity index (χ1v) is 10.3. The Morgan fingerprint density at radius 1 is 0.692 bits per heavy atom. The first-order chi connectivity index (χ1) is 12.6. The molecular weight excluding hydrogens is 328 g/mol. The van der Waals surface area contributed by atoms with Gasteiger partial charge in [0.15, 0.2) is 0 Å². The molecule has 0 aromatic carbocycles. The minimum atomic E-state index is -0.219. The Balaban J connectivity index is 1.68. The predicted octanol–water partition coefficient (Wildman–Crippen LogP) is 4.84. The number of hydrogen-bond acceptors (Lipinski definition) is 4. The minimum Gasteiger partial charge on any atom is -0.463 e. The molecule has 0 atom stereocenters. The molecule has 0 unspecified atom stereocenters. The standard InChI is InChI=1S/C22H34O4/c1-3-25-21(23)15-9-17-5-11-19(12-6-17)20-13-7-18(8-14-20)10-16-22(24)26-4-2/h9-10,15-20H,3-8,11-14H2,1-2H3. The average Bonchev–Trinajstić information content (AvgIpc) is 2.66. The Bertz CT molecular complexity index is 446. The average molecular weight is 363 g/mol. The monoisotopic (exact) mass is 362 g/mol. The quantitative estimate of drug-likeness (QED) is 0.480. The summed E-state index contributed by atoms with van der Waals surface area (Å²) in [5, 5.41) is 0. The summed E-state index contributed by atoms with van der Waals surface area (Å²) in [4.78, 5) is 22.8. The van der Waals surface area contributed by atoms with E-state index in [1.165, 1.54) is 51.4 Å². The predicted molar refractivity (Wildman–Crippen MR) is 102 cm³/mol. The summed E-state index contributed by atoms with van der Waals surface area (Å²) in [5.74, 6) is 2.28. The fourth-order valence-electron chi connectivity index (χ4n) is 4.43. The Morgan fingerprint density at radius 3 is 1.35 bits per heavy atom. The van der Waals surface area contributed by atoms with Crippen molar-refractivity contribution in [2.24, 2.45) is 23.7 Å². The molecule has 0 amide bonds. The summed E-state index contributed by atoms with van der Waals surface area (Å²) in [6, 6.07) is 0. The molecule has 0 aromatic heterocycles. The number of allylic oxidation sites excluding steroid dienone is 2. The SMILES string of the molecule is CCOC(=O)C=CC1CCC(C2CCC(C=CC(=O)OCC)CC2)CC1. The van der Waals surface area contributed by atoms with Crippen LogP contribution in [0.15, 0.2) is 24.3 Å². The fraction of sp³-hybridized carbons (Fsp3) is 0.727. The van der Waals surface area contributed by atoms with E-state index in [1.54, 1.807) is 12.2 Å². The summed E-state index contributed by atoms with van der Waals surface area (Å²) in [7, 11) is 0. The molecule has 2 saturated carbocycles. The third kappa shape index (κ3) is 6.97. The largest absolute Gasteiger partial charge is 0.463 e. The Kier molecular flexibility index (Phi) is 8.93. The van der Waals surface area contributed by atoms with Crippen LogP contribution in [0, 0.1) is 23.7 Å². The molecule has 0 N–H and O–H groups in total. The van der Waals surface area contributed by atoms with Gasteiger partial charge in [-0.25, -0.2) is 9.59 Å². The van der Waals surface area contributed by atoms with Crippen LogP contribution in [0.5, 0.6) is 0 Å². The second kappa shape index (κ2) is 11.2. The van der Waals surface area contributed by atoms with Gasteiger partial charge in [-0.3, -0.25) is 0 Å². The molecule has 0 aliphatic heterocycles. The second-order valence-electron chi connectivity index (χ2n) is 7.57. The van der Waals surface area contributed by atoms with Gasteiger partial charge in [-0.1, -0.05) is 12.2 Å². The highest BCUT2D eigenvalue weighted by Crippen LogP contribution is 2.41. The minimum absolute atomic E-state index is 0.219. The zero-order chi connectivity index (χ0) is 18.8. The van der Waals surface area contributed by atoms with Gasteiger partial charge in [0.25, 0.3) is 0 Å². The molecule has 0 saturated heterocycles. The van der Waals surface area contributed by atoms with E-state index in [0.29, 0.717) is 25.0 Å². The maximum Gasteiger partial charge on any atom is 0.330 e. The topological polar surface area (TPSA) is 52.6 Å². The number of esters is 2. The number of carbonyl (C=O) groups is 2. The van der Waals surface area contributed by atoms with Crippen LogP contribution < -0.4 is 0 Å². The van der Waals surface area contributed by atoms with Gasteiger partial charge in [-0.2, -0.15) is 0 Å². The molecule has 26 heavy (non-hydrogen) atoms. The van der Waals surface area contributed by atoms with E-state index >= 15 is 0 Å². The maximum atomic E-state index is 11.4. The van der Waals surface area contributed by atoms with Gasteiger partial charge in [-0.15, -0.1) is 0 Å². The molecule has 0 spiro atoms. The lowest BCUT2D eigenvalue weighted by molar-refractivity contribution is -0.138. The molecule has 0 bridgehead atoms. The Hall–Kier alpha value is -1.58. The summed E-state index contributed by atoms with van der Waals surface area (Å²) in [6.45, 7) is 4.54. The molecular formula is C22H34O4. The zero-order valence-corrected chi connectivity index (χ0v) is 16.3. The molecule has 4 heteroatoms. The van der Waals surface area contributed by atoms with Gasteiger partial charge < -0.3 is 9.47 Å². The van der Waals surface area contributed by atoms with E-state index < -0.39 is 0 Å². The number of carbonyl (C=O) groups excluding carboxylic acids is 2. The highest BCUT2D eigenvalue weighted by atomic mass is 16.5. The normalized spacial score (nSPS) is 29.8. The summed E-state index contributed by atoms with van der Waals surface area (Å²) >= 11 is 0. The highest BCUT2D eigenvalue weighted by Gasteiger charge is 2.29. The van der Waals surface area contributed by atoms with E-state index in [-0.39, 0.29) is 11.9 Å². The van der Waals surface area contributed by atoms with Crippen molar-refractivity contribution in [2.45, 2.75) is 65.2 Å². The van der Waals surface area contributed by atoms with Gasteiger partial charge in [0.2, 0.25) is 0 Å². The van der Waals surface area contributed by atoms with Crippen molar-refractivity contribution < 1.29 is 19.1 Å². The van der Waals surface area contributed by atoms with Crippen molar-refractivity contribution in [1.82, 2.24) is 0 Å². The molecule has 2 aliphatic carbocycles. The van der Waals surface area contributed by atoms with Crippen LogP contribution >= 0.6 is 0 Å². The Morgan fingerprint density at radius 2 is 1.04 bits per heavy atom. The second-order valence-corrected chi connectivity index (χ2v) is 7.57. The maximum absolute atomic E-state index is 11.4. The van der Waals surface area contributed by atoms with Crippen molar-refractivity contribution in [3.05, 3.63) is 24.3 Å². The van der Waals surface area contributed by atoms with Crippen LogP contribution in [0.25, 0.3) is 0 Å². The van der Waals surface area contributed by atoms with Crippen LogP contribution in [0.4, 0.5) is 0 Å². The number of hydrogen-bond donors (Lipinski definition) is 0. The highest BCUT2D eigenvalue weighted by molar-refractivity contribution is 5.82. The summed E-state index contributed by atoms with van der Waals surface area (Å²) in [5.41, 5.74) is 0. The van der Waals surface area contributed by atoms with Crippen molar-refractivity contribution >= 4 is 11.9 Å². The van der Waals surface area contributed by atoms with Gasteiger partial charge in [0, 0.05) is 12.2 Å². The number of ether oxygens (including phenoxy) is 2. The molecule has 0 heterocycles. The lowest BCUT2D eigenvalue weighted by Gasteiger charge is -2.36. The fourth-order valence-corrected chi connectivity index (χ4v) is 4.43. The van der Waals surface area contributed by atoms with E-state index in [9.17, 15) is 9.59 Å². The third-order valence-electron chi connectivity index (χ3n) is 5.88. The van der Waals surface area contributed by atoms with E-state index in [0.717, 1.165) is 11.8 Å². The van der Waals surface area contributed by atoms with Gasteiger partial charge in [0.05, 0.1) is 13.2 Å². The van der Waals surface area contributed by atoms with Crippen LogP contribution in [-0.2, 0) is 19.1 Å². The zero-order valence-electron chi connectivity index (χ0n) is 16.3. The van der Waals surface area contributed by atoms with Crippen LogP contribution in [0.3, 0.4) is 0 Å². The van der Waals surface area contributed by atoms with E-state index in [4.69, 9.17) is 9.47 Å². The molecule has 0 aromatic rings. The smallest absolute Gasteiger partial charge is 0.330 e. The summed E-state index contributed by atoms with van der Waals surface area (Å²) < 4.78 is 9.89. The van der Waals surface area contributed by atoms with Crippen LogP contribution in [0.1, 0.15) is 65.2 Å². The third-order valence-corrected chi connectivity index (χ3v) is 5.88. The first kappa shape index (κ1) is 20.7. The van der Waals surface area contributed by atoms with Gasteiger partial charge >= 0.3 is 11.9 Å². The lowest BCUT2D eigenvalue weighted by atomic mass is 9.69. The summed E-state index contributed by atoms with van der Waals surface area (Å²) in [6.07, 6.45) is 17.1. The molecule has 0 radical (unpaired) electrons. The molecule has 2 aliphatic rings. The van der Waals surface area contributed by atoms with Crippen molar-refractivity contribution in [3.63, 3.8) is 0 Å². The van der Waals surface area contributed by atoms with E-state index in [2.05, 4.69) is 0 Å². The molecule has 2 rings (SSSR count). The Labute approximate surface area is 158 Å². The number of rotatable bonds is 7. The molecule has 4 nitrogen and oxygen atoms in total. The van der Waals surface area contributed by atoms with Crippen molar-refractivity contribution in [3.8, 4) is 0 Å². The van der Waals surface area contributed by atoms with Crippen molar-refractivity contribution in [2.75, 3.05) is 13.2 Å². The lowest BCUT2D eigenvalue weighted by Crippen LogP contribution is -2.25. The molecule has 146 valence electrons. The first-order valence-electron chi connectivity index (χ1n) is 10.3. The van der Waals surface area contributed by atoms with Gasteiger partial charge in [-0.05, 0) is 88.9 Å². The van der Waals surface area contributed by atoms with E-state index in [1.807, 2.05) is 26.0 Å². The van der Waals surface area contributed by atoms with Crippen LogP contribution in [-0.4, -0.2) is 25.2 Å².